The quantitative estimate of drug-likeness (QED) is 0.805. The van der Waals surface area contributed by atoms with Crippen LogP contribution >= 0.6 is 0 Å². The molecule has 0 aromatic carbocycles. The third-order valence-electron chi connectivity index (χ3n) is 2.00. The van der Waals surface area contributed by atoms with E-state index in [4.69, 9.17) is 10.3 Å². The van der Waals surface area contributed by atoms with Gasteiger partial charge in [0.1, 0.15) is 0 Å². The molecule has 0 atom stereocenters. The first-order valence-corrected chi connectivity index (χ1v) is 4.75. The van der Waals surface area contributed by atoms with Crippen molar-refractivity contribution < 1.29 is 4.52 Å². The van der Waals surface area contributed by atoms with Gasteiger partial charge >= 0.3 is 0 Å². The minimum absolute atomic E-state index is 0.508. The molecule has 78 valence electrons. The lowest BCUT2D eigenvalue weighted by molar-refractivity contribution is 0.380. The summed E-state index contributed by atoms with van der Waals surface area (Å²) >= 11 is 0. The van der Waals surface area contributed by atoms with E-state index in [0.717, 1.165) is 11.3 Å². The van der Waals surface area contributed by atoms with Gasteiger partial charge in [-0.1, -0.05) is 5.16 Å². The molecule has 2 heterocycles. The van der Waals surface area contributed by atoms with Gasteiger partial charge in [0.2, 0.25) is 11.7 Å². The van der Waals surface area contributed by atoms with Crippen LogP contribution < -0.4 is 5.73 Å². The Kier molecular flexibility index (Phi) is 2.73. The zero-order valence-corrected chi connectivity index (χ0v) is 8.47. The van der Waals surface area contributed by atoms with E-state index in [0.29, 0.717) is 24.7 Å². The highest BCUT2D eigenvalue weighted by molar-refractivity contribution is 5.52. The molecular weight excluding hydrogens is 192 g/mol. The highest BCUT2D eigenvalue weighted by Crippen LogP contribution is 2.14. The zero-order valence-electron chi connectivity index (χ0n) is 8.47. The highest BCUT2D eigenvalue weighted by Gasteiger charge is 2.07. The van der Waals surface area contributed by atoms with Crippen molar-refractivity contribution in [3.63, 3.8) is 0 Å². The maximum Gasteiger partial charge on any atom is 0.228 e. The zero-order chi connectivity index (χ0) is 10.7. The van der Waals surface area contributed by atoms with E-state index in [-0.39, 0.29) is 0 Å². The molecule has 0 amide bonds. The fourth-order valence-electron chi connectivity index (χ4n) is 1.20. The van der Waals surface area contributed by atoms with E-state index in [1.165, 1.54) is 0 Å². The van der Waals surface area contributed by atoms with Crippen molar-refractivity contribution in [3.8, 4) is 11.4 Å². The molecule has 15 heavy (non-hydrogen) atoms. The van der Waals surface area contributed by atoms with Crippen LogP contribution in [-0.4, -0.2) is 21.7 Å². The number of pyridine rings is 1. The molecule has 0 bridgehead atoms. The third kappa shape index (κ3) is 2.19. The number of hydrogen-bond acceptors (Lipinski definition) is 5. The van der Waals surface area contributed by atoms with Crippen molar-refractivity contribution >= 4 is 0 Å². The van der Waals surface area contributed by atoms with Gasteiger partial charge in [0.25, 0.3) is 0 Å². The second kappa shape index (κ2) is 4.18. The first-order chi connectivity index (χ1) is 7.29. The van der Waals surface area contributed by atoms with E-state index in [1.54, 1.807) is 6.20 Å². The highest BCUT2D eigenvalue weighted by atomic mass is 16.5. The fraction of sp³-hybridized carbons (Fsp3) is 0.300. The third-order valence-corrected chi connectivity index (χ3v) is 2.00. The lowest BCUT2D eigenvalue weighted by Gasteiger charge is -1.93. The summed E-state index contributed by atoms with van der Waals surface area (Å²) in [7, 11) is 0. The summed E-state index contributed by atoms with van der Waals surface area (Å²) in [5.41, 5.74) is 7.20. The molecule has 2 aromatic heterocycles. The molecule has 0 saturated carbocycles. The maximum absolute atomic E-state index is 5.39. The van der Waals surface area contributed by atoms with Crippen LogP contribution in [0.4, 0.5) is 0 Å². The number of hydrogen-bond donors (Lipinski definition) is 1. The molecule has 5 heteroatoms. The van der Waals surface area contributed by atoms with Gasteiger partial charge in [0.05, 0.1) is 0 Å². The largest absolute Gasteiger partial charge is 0.339 e. The molecular formula is C10H12N4O. The predicted molar refractivity (Wildman–Crippen MR) is 55.0 cm³/mol. The number of aromatic nitrogens is 3. The predicted octanol–water partition coefficient (Wildman–Crippen LogP) is 0.941. The average molecular weight is 204 g/mol. The summed E-state index contributed by atoms with van der Waals surface area (Å²) in [6.45, 7) is 2.44. The Morgan fingerprint density at radius 1 is 1.40 bits per heavy atom. The van der Waals surface area contributed by atoms with Crippen molar-refractivity contribution in [2.24, 2.45) is 5.73 Å². The maximum atomic E-state index is 5.39. The molecule has 0 spiro atoms. The van der Waals surface area contributed by atoms with Crippen molar-refractivity contribution in [1.29, 1.82) is 0 Å². The Balaban J connectivity index is 2.25. The van der Waals surface area contributed by atoms with Crippen LogP contribution in [0, 0.1) is 6.92 Å². The van der Waals surface area contributed by atoms with E-state index >= 15 is 0 Å². The normalized spacial score (nSPS) is 10.5. The van der Waals surface area contributed by atoms with Crippen molar-refractivity contribution in [3.05, 3.63) is 29.9 Å². The lowest BCUT2D eigenvalue weighted by Crippen LogP contribution is -2.02. The van der Waals surface area contributed by atoms with Crippen LogP contribution in [0.3, 0.4) is 0 Å². The summed E-state index contributed by atoms with van der Waals surface area (Å²) in [4.78, 5) is 8.37. The van der Waals surface area contributed by atoms with Crippen molar-refractivity contribution in [1.82, 2.24) is 15.1 Å². The number of aryl methyl sites for hydroxylation is 1. The van der Waals surface area contributed by atoms with Gasteiger partial charge in [-0.15, -0.1) is 0 Å². The van der Waals surface area contributed by atoms with Crippen molar-refractivity contribution in [2.75, 3.05) is 6.54 Å². The van der Waals surface area contributed by atoms with Gasteiger partial charge in [-0.25, -0.2) is 0 Å². The Hall–Kier alpha value is -1.75. The summed E-state index contributed by atoms with van der Waals surface area (Å²) in [6.07, 6.45) is 2.33. The van der Waals surface area contributed by atoms with E-state index < -0.39 is 0 Å². The van der Waals surface area contributed by atoms with Crippen LogP contribution in [0.25, 0.3) is 11.4 Å². The first-order valence-electron chi connectivity index (χ1n) is 4.75. The second-order valence-corrected chi connectivity index (χ2v) is 3.24. The molecule has 0 aliphatic carbocycles. The van der Waals surface area contributed by atoms with Gasteiger partial charge in [0.15, 0.2) is 0 Å². The molecule has 0 aliphatic rings. The minimum Gasteiger partial charge on any atom is -0.339 e. The Morgan fingerprint density at radius 3 is 2.93 bits per heavy atom. The summed E-state index contributed by atoms with van der Waals surface area (Å²) in [6, 6.07) is 3.83. The standard InChI is InChI=1S/C10H12N4O/c1-7-2-3-8(6-12-7)10-13-9(4-5-11)15-14-10/h2-3,6H,4-5,11H2,1H3. The van der Waals surface area contributed by atoms with E-state index in [2.05, 4.69) is 15.1 Å². The topological polar surface area (TPSA) is 77.8 Å². The Morgan fingerprint density at radius 2 is 2.27 bits per heavy atom. The van der Waals surface area contributed by atoms with E-state index in [9.17, 15) is 0 Å². The molecule has 2 N–H and O–H groups in total. The molecule has 2 rings (SSSR count). The van der Waals surface area contributed by atoms with Gasteiger partial charge in [0, 0.05) is 30.4 Å². The molecule has 0 aliphatic heterocycles. The van der Waals surface area contributed by atoms with Crippen LogP contribution in [0.15, 0.2) is 22.9 Å². The monoisotopic (exact) mass is 204 g/mol. The smallest absolute Gasteiger partial charge is 0.228 e. The molecule has 0 fully saturated rings. The molecule has 0 unspecified atom stereocenters. The first kappa shape index (κ1) is 9.79. The summed E-state index contributed by atoms with van der Waals surface area (Å²) in [5.74, 6) is 1.12. The Labute approximate surface area is 87.3 Å². The van der Waals surface area contributed by atoms with Gasteiger partial charge in [-0.3, -0.25) is 4.98 Å². The fourth-order valence-corrected chi connectivity index (χ4v) is 1.20. The van der Waals surface area contributed by atoms with Gasteiger partial charge in [-0.05, 0) is 19.1 Å². The van der Waals surface area contributed by atoms with Crippen LogP contribution in [-0.2, 0) is 6.42 Å². The van der Waals surface area contributed by atoms with Crippen LogP contribution in [0.1, 0.15) is 11.6 Å². The SMILES string of the molecule is Cc1ccc(-c2noc(CCN)n2)cn1. The van der Waals surface area contributed by atoms with Gasteiger partial charge < -0.3 is 10.3 Å². The average Bonchev–Trinajstić information content (AvgIpc) is 2.68. The Bertz CT molecular complexity index is 435. The molecule has 0 saturated heterocycles. The van der Waals surface area contributed by atoms with Crippen molar-refractivity contribution in [2.45, 2.75) is 13.3 Å². The van der Waals surface area contributed by atoms with Crippen LogP contribution in [0.5, 0.6) is 0 Å². The molecule has 2 aromatic rings. The van der Waals surface area contributed by atoms with Gasteiger partial charge in [-0.2, -0.15) is 4.98 Å². The second-order valence-electron chi connectivity index (χ2n) is 3.24. The lowest BCUT2D eigenvalue weighted by atomic mass is 10.2. The van der Waals surface area contributed by atoms with E-state index in [1.807, 2.05) is 19.1 Å². The summed E-state index contributed by atoms with van der Waals surface area (Å²) in [5, 5.41) is 3.85. The number of nitrogens with two attached hydrogens (primary N) is 1. The number of nitrogens with zero attached hydrogens (tertiary/aromatic N) is 3. The molecule has 5 nitrogen and oxygen atoms in total. The van der Waals surface area contributed by atoms with Crippen LogP contribution in [0.2, 0.25) is 0 Å². The minimum atomic E-state index is 0.508. The molecule has 0 radical (unpaired) electrons. The summed E-state index contributed by atoms with van der Waals surface area (Å²) < 4.78 is 5.02. The number of rotatable bonds is 3.